The first-order valence-corrected chi connectivity index (χ1v) is 7.49. The molecule has 0 aromatic heterocycles. The number of ether oxygens (including phenoxy) is 1. The van der Waals surface area contributed by atoms with Gasteiger partial charge in [-0.15, -0.1) is 0 Å². The summed E-state index contributed by atoms with van der Waals surface area (Å²) in [7, 11) is -1.23. The Bertz CT molecular complexity index is 116. The fraction of sp³-hybridized carbons (Fsp3) is 1.00. The first kappa shape index (κ1) is 15.1. The van der Waals surface area contributed by atoms with Crippen LogP contribution in [0, 0.1) is 0 Å². The minimum Gasteiger partial charge on any atom is -0.397 e. The molecular formula is C10H24O4Si. The Labute approximate surface area is 94.4 Å². The van der Waals surface area contributed by atoms with Crippen LogP contribution < -0.4 is 0 Å². The molecule has 15 heavy (non-hydrogen) atoms. The van der Waals surface area contributed by atoms with Crippen molar-refractivity contribution in [2.24, 2.45) is 0 Å². The Balaban J connectivity index is 0.000000322. The van der Waals surface area contributed by atoms with E-state index in [1.54, 1.807) is 0 Å². The first-order valence-electron chi connectivity index (χ1n) is 5.74. The summed E-state index contributed by atoms with van der Waals surface area (Å²) in [6, 6.07) is 1.14. The van der Waals surface area contributed by atoms with Gasteiger partial charge in [0.25, 0.3) is 0 Å². The van der Waals surface area contributed by atoms with Gasteiger partial charge in [-0.25, -0.2) is 0 Å². The van der Waals surface area contributed by atoms with Gasteiger partial charge in [-0.05, 0) is 19.9 Å². The van der Waals surface area contributed by atoms with E-state index in [2.05, 4.69) is 11.7 Å². The molecule has 1 unspecified atom stereocenters. The highest BCUT2D eigenvalue weighted by molar-refractivity contribution is 6.44. The fourth-order valence-corrected chi connectivity index (χ4v) is 2.64. The number of rotatable bonds is 7. The van der Waals surface area contributed by atoms with Crippen LogP contribution in [0.4, 0.5) is 0 Å². The van der Waals surface area contributed by atoms with Crippen LogP contribution in [0.3, 0.4) is 0 Å². The highest BCUT2D eigenvalue weighted by Crippen LogP contribution is 2.05. The Kier molecular flexibility index (Phi) is 10.6. The zero-order valence-electron chi connectivity index (χ0n) is 10.1. The largest absolute Gasteiger partial charge is 0.397 e. The van der Waals surface area contributed by atoms with Crippen LogP contribution in [0.25, 0.3) is 0 Å². The van der Waals surface area contributed by atoms with Gasteiger partial charge in [-0.2, -0.15) is 0 Å². The molecule has 0 radical (unpaired) electrons. The fourth-order valence-electron chi connectivity index (χ4n) is 0.996. The van der Waals surface area contributed by atoms with Crippen LogP contribution >= 0.6 is 0 Å². The molecule has 1 fully saturated rings. The quantitative estimate of drug-likeness (QED) is 0.530. The summed E-state index contributed by atoms with van der Waals surface area (Å²) >= 11 is 0. The van der Waals surface area contributed by atoms with Crippen molar-refractivity contribution in [1.29, 1.82) is 0 Å². The molecule has 1 aliphatic heterocycles. The van der Waals surface area contributed by atoms with Gasteiger partial charge in [-0.1, -0.05) is 13.3 Å². The summed E-state index contributed by atoms with van der Waals surface area (Å²) in [5.74, 6) is 0. The molecule has 5 heteroatoms. The monoisotopic (exact) mass is 236 g/mol. The van der Waals surface area contributed by atoms with E-state index >= 15 is 0 Å². The third-order valence-corrected chi connectivity index (χ3v) is 4.29. The Hall–Kier alpha value is 0.0569. The molecule has 0 bridgehead atoms. The third-order valence-electron chi connectivity index (χ3n) is 1.84. The predicted molar refractivity (Wildman–Crippen MR) is 62.3 cm³/mol. The topological polar surface area (TPSA) is 51.2 Å². The van der Waals surface area contributed by atoms with Gasteiger partial charge in [0.15, 0.2) is 0 Å². The molecule has 92 valence electrons. The number of hydrogen-bond acceptors (Lipinski definition) is 4. The predicted octanol–water partition coefficient (Wildman–Crippen LogP) is 1.07. The lowest BCUT2D eigenvalue weighted by Gasteiger charge is -2.12. The second-order valence-electron chi connectivity index (χ2n) is 3.27. The highest BCUT2D eigenvalue weighted by Gasteiger charge is 2.19. The molecule has 1 saturated heterocycles. The summed E-state index contributed by atoms with van der Waals surface area (Å²) in [6.45, 7) is 8.77. The molecule has 0 saturated carbocycles. The summed E-state index contributed by atoms with van der Waals surface area (Å²) in [5.41, 5.74) is 0. The smallest absolute Gasteiger partial charge is 0.321 e. The molecule has 0 spiro atoms. The third kappa shape index (κ3) is 10.3. The van der Waals surface area contributed by atoms with E-state index in [1.165, 1.54) is 6.42 Å². The van der Waals surface area contributed by atoms with Crippen LogP contribution in [-0.4, -0.2) is 46.9 Å². The number of aliphatic hydroxyl groups excluding tert-OH is 1. The second kappa shape index (κ2) is 10.6. The summed E-state index contributed by atoms with van der Waals surface area (Å²) < 4.78 is 15.5. The molecular weight excluding hydrogens is 212 g/mol. The molecule has 0 amide bonds. The van der Waals surface area contributed by atoms with Crippen molar-refractivity contribution in [1.82, 2.24) is 0 Å². The molecule has 1 atom stereocenters. The maximum atomic E-state index is 8.08. The molecule has 1 aliphatic rings. The number of aliphatic hydroxyl groups is 1. The minimum absolute atomic E-state index is 0.190. The van der Waals surface area contributed by atoms with Gasteiger partial charge in [0, 0.05) is 13.2 Å². The lowest BCUT2D eigenvalue weighted by molar-refractivity contribution is 0.213. The van der Waals surface area contributed by atoms with Crippen molar-refractivity contribution >= 4 is 9.28 Å². The van der Waals surface area contributed by atoms with Crippen molar-refractivity contribution in [3.63, 3.8) is 0 Å². The normalized spacial score (nSPS) is 18.6. The average Bonchev–Trinajstić information content (AvgIpc) is 3.03. The van der Waals surface area contributed by atoms with E-state index in [0.717, 1.165) is 25.9 Å². The highest BCUT2D eigenvalue weighted by atomic mass is 28.3. The van der Waals surface area contributed by atoms with Gasteiger partial charge in [0.1, 0.15) is 6.10 Å². The van der Waals surface area contributed by atoms with Crippen molar-refractivity contribution < 1.29 is 18.7 Å². The van der Waals surface area contributed by atoms with E-state index < -0.39 is 9.28 Å². The average molecular weight is 236 g/mol. The van der Waals surface area contributed by atoms with Crippen molar-refractivity contribution in [2.45, 2.75) is 39.3 Å². The second-order valence-corrected chi connectivity index (χ2v) is 5.37. The van der Waals surface area contributed by atoms with Gasteiger partial charge >= 0.3 is 9.28 Å². The van der Waals surface area contributed by atoms with Crippen molar-refractivity contribution in [3.8, 4) is 0 Å². The molecule has 0 aromatic rings. The first-order chi connectivity index (χ1) is 7.28. The number of epoxide rings is 1. The lowest BCUT2D eigenvalue weighted by atomic mass is 10.5. The SMILES string of the molecule is CCC[SiH](OCC)OCC.OCC1CO1. The summed E-state index contributed by atoms with van der Waals surface area (Å²) in [5, 5.41) is 8.08. The van der Waals surface area contributed by atoms with Crippen molar-refractivity contribution in [3.05, 3.63) is 0 Å². The minimum atomic E-state index is -1.23. The van der Waals surface area contributed by atoms with Crippen LogP contribution in [0.2, 0.25) is 6.04 Å². The van der Waals surface area contributed by atoms with E-state index in [1.807, 2.05) is 13.8 Å². The van der Waals surface area contributed by atoms with Crippen LogP contribution in [-0.2, 0) is 13.6 Å². The maximum Gasteiger partial charge on any atom is 0.321 e. The van der Waals surface area contributed by atoms with Crippen LogP contribution in [0.1, 0.15) is 27.2 Å². The van der Waals surface area contributed by atoms with Gasteiger partial charge in [0.05, 0.1) is 13.2 Å². The molecule has 1 heterocycles. The van der Waals surface area contributed by atoms with Crippen LogP contribution in [0.15, 0.2) is 0 Å². The Morgan fingerprint density at radius 1 is 1.27 bits per heavy atom. The van der Waals surface area contributed by atoms with Gasteiger partial charge < -0.3 is 18.7 Å². The maximum absolute atomic E-state index is 8.08. The lowest BCUT2D eigenvalue weighted by Crippen LogP contribution is -2.22. The molecule has 0 aliphatic carbocycles. The summed E-state index contributed by atoms with van der Waals surface area (Å²) in [6.07, 6.45) is 1.37. The van der Waals surface area contributed by atoms with Crippen molar-refractivity contribution in [2.75, 3.05) is 26.4 Å². The molecule has 0 aromatic carbocycles. The summed E-state index contributed by atoms with van der Waals surface area (Å²) in [4.78, 5) is 0. The zero-order chi connectivity index (χ0) is 11.5. The van der Waals surface area contributed by atoms with E-state index in [-0.39, 0.29) is 12.7 Å². The molecule has 1 N–H and O–H groups in total. The Morgan fingerprint density at radius 2 is 1.80 bits per heavy atom. The van der Waals surface area contributed by atoms with E-state index in [9.17, 15) is 0 Å². The Morgan fingerprint density at radius 3 is 2.00 bits per heavy atom. The van der Waals surface area contributed by atoms with E-state index in [4.69, 9.17) is 14.0 Å². The zero-order valence-corrected chi connectivity index (χ0v) is 11.2. The standard InChI is InChI=1S/C7H18O2Si.C3H6O2/c1-4-7-10(8-5-2)9-6-3;4-1-3-2-5-3/h10H,4-7H2,1-3H3;3-4H,1-2H2. The molecule has 1 rings (SSSR count). The van der Waals surface area contributed by atoms with Gasteiger partial charge in [-0.3, -0.25) is 0 Å². The van der Waals surface area contributed by atoms with E-state index in [0.29, 0.717) is 0 Å². The molecule has 4 nitrogen and oxygen atoms in total. The van der Waals surface area contributed by atoms with Gasteiger partial charge in [0.2, 0.25) is 0 Å². The number of hydrogen-bond donors (Lipinski definition) is 1. The van der Waals surface area contributed by atoms with Crippen LogP contribution in [0.5, 0.6) is 0 Å².